The van der Waals surface area contributed by atoms with Gasteiger partial charge in [-0.3, -0.25) is 0 Å². The maximum Gasteiger partial charge on any atom is 0.231 e. The Hall–Kier alpha value is -1.30. The van der Waals surface area contributed by atoms with E-state index in [2.05, 4.69) is 5.32 Å². The van der Waals surface area contributed by atoms with Crippen LogP contribution in [0.1, 0.15) is 18.0 Å². The number of nitrogens with one attached hydrogen (secondary N) is 1. The summed E-state index contributed by atoms with van der Waals surface area (Å²) in [6, 6.07) is 6.12. The van der Waals surface area contributed by atoms with E-state index in [0.29, 0.717) is 20.0 Å². The Morgan fingerprint density at radius 2 is 2.11 bits per heavy atom. The van der Waals surface area contributed by atoms with Gasteiger partial charge in [0.05, 0.1) is 12.6 Å². The average molecular weight is 267 g/mol. The third-order valence-electron chi connectivity index (χ3n) is 3.07. The molecule has 0 radical (unpaired) electrons. The second-order valence-corrected chi connectivity index (χ2v) is 4.38. The monoisotopic (exact) mass is 267 g/mol. The van der Waals surface area contributed by atoms with Crippen molar-refractivity contribution in [3.8, 4) is 11.5 Å². The van der Waals surface area contributed by atoms with Crippen LogP contribution >= 0.6 is 0 Å². The van der Waals surface area contributed by atoms with Crippen molar-refractivity contribution in [3.63, 3.8) is 0 Å². The molecule has 1 atom stereocenters. The molecule has 0 saturated carbocycles. The van der Waals surface area contributed by atoms with Crippen LogP contribution < -0.4 is 14.8 Å². The number of fused-ring (bicyclic) bond motifs is 1. The van der Waals surface area contributed by atoms with Crippen molar-refractivity contribution in [2.24, 2.45) is 0 Å². The Morgan fingerprint density at radius 3 is 2.89 bits per heavy atom. The van der Waals surface area contributed by atoms with Crippen molar-refractivity contribution in [2.45, 2.75) is 12.5 Å². The van der Waals surface area contributed by atoms with Crippen LogP contribution in [-0.2, 0) is 9.47 Å². The zero-order chi connectivity index (χ0) is 13.5. The molecule has 1 aromatic rings. The molecule has 5 nitrogen and oxygen atoms in total. The molecule has 1 aromatic carbocycles. The van der Waals surface area contributed by atoms with E-state index in [-0.39, 0.29) is 6.04 Å². The molecule has 0 bridgehead atoms. The topological polar surface area (TPSA) is 49.0 Å². The summed E-state index contributed by atoms with van der Waals surface area (Å²) in [6.45, 7) is 2.36. The van der Waals surface area contributed by atoms with E-state index in [4.69, 9.17) is 18.9 Å². The average Bonchev–Trinajstić information content (AvgIpc) is 2.90. The minimum absolute atomic E-state index is 0.150. The molecular weight excluding hydrogens is 246 g/mol. The Bertz CT molecular complexity index is 397. The number of hydrogen-bond donors (Lipinski definition) is 1. The van der Waals surface area contributed by atoms with Gasteiger partial charge in [0, 0.05) is 20.3 Å². The second kappa shape index (κ2) is 7.33. The molecule has 1 heterocycles. The Labute approximate surface area is 113 Å². The Kier molecular flexibility index (Phi) is 5.44. The number of rotatable bonds is 8. The zero-order valence-electron chi connectivity index (χ0n) is 11.5. The number of likely N-dealkylation sites (N-methyl/N-ethyl adjacent to an activating group) is 1. The lowest BCUT2D eigenvalue weighted by Gasteiger charge is -2.17. The number of benzene rings is 1. The van der Waals surface area contributed by atoms with E-state index in [1.165, 1.54) is 0 Å². The molecule has 0 aliphatic carbocycles. The fourth-order valence-electron chi connectivity index (χ4n) is 1.98. The summed E-state index contributed by atoms with van der Waals surface area (Å²) in [5.74, 6) is 1.61. The van der Waals surface area contributed by atoms with Crippen molar-refractivity contribution in [3.05, 3.63) is 23.8 Å². The smallest absolute Gasteiger partial charge is 0.231 e. The lowest BCUT2D eigenvalue weighted by Crippen LogP contribution is -2.22. The van der Waals surface area contributed by atoms with Crippen LogP contribution in [0.5, 0.6) is 11.5 Å². The fraction of sp³-hybridized carbons (Fsp3) is 0.571. The Balaban J connectivity index is 1.86. The molecule has 1 aliphatic rings. The van der Waals surface area contributed by atoms with E-state index in [9.17, 15) is 0 Å². The first-order valence-electron chi connectivity index (χ1n) is 6.48. The first-order valence-corrected chi connectivity index (χ1v) is 6.48. The highest BCUT2D eigenvalue weighted by Gasteiger charge is 2.17. The summed E-state index contributed by atoms with van der Waals surface area (Å²) in [5, 5.41) is 3.25. The molecule has 19 heavy (non-hydrogen) atoms. The summed E-state index contributed by atoms with van der Waals surface area (Å²) in [6.07, 6.45) is 0.911. The van der Waals surface area contributed by atoms with Gasteiger partial charge < -0.3 is 24.3 Å². The van der Waals surface area contributed by atoms with Crippen molar-refractivity contribution in [2.75, 3.05) is 40.8 Å². The van der Waals surface area contributed by atoms with Crippen LogP contribution in [-0.4, -0.2) is 40.8 Å². The van der Waals surface area contributed by atoms with E-state index < -0.39 is 0 Å². The predicted octanol–water partition coefficient (Wildman–Crippen LogP) is 1.73. The quantitative estimate of drug-likeness (QED) is 0.727. The van der Waals surface area contributed by atoms with Crippen molar-refractivity contribution < 1.29 is 18.9 Å². The van der Waals surface area contributed by atoms with Gasteiger partial charge in [-0.05, 0) is 31.2 Å². The molecule has 2 rings (SSSR count). The highest BCUT2D eigenvalue weighted by atomic mass is 16.7. The normalized spacial score (nSPS) is 14.6. The second-order valence-electron chi connectivity index (χ2n) is 4.38. The lowest BCUT2D eigenvalue weighted by molar-refractivity contribution is 0.0889. The molecule has 106 valence electrons. The van der Waals surface area contributed by atoms with Gasteiger partial charge in [0.15, 0.2) is 11.5 Å². The van der Waals surface area contributed by atoms with Crippen LogP contribution in [0.4, 0.5) is 0 Å². The van der Waals surface area contributed by atoms with Gasteiger partial charge in [-0.15, -0.1) is 0 Å². The van der Waals surface area contributed by atoms with Gasteiger partial charge in [-0.2, -0.15) is 0 Å². The van der Waals surface area contributed by atoms with E-state index in [1.54, 1.807) is 7.11 Å². The number of hydrogen-bond acceptors (Lipinski definition) is 5. The number of ether oxygens (including phenoxy) is 4. The lowest BCUT2D eigenvalue weighted by atomic mass is 10.1. The van der Waals surface area contributed by atoms with Crippen LogP contribution in [0, 0.1) is 0 Å². The van der Waals surface area contributed by atoms with Crippen LogP contribution in [0.25, 0.3) is 0 Å². The molecule has 0 aromatic heterocycles. The molecule has 5 heteroatoms. The minimum Gasteiger partial charge on any atom is -0.454 e. The van der Waals surface area contributed by atoms with Gasteiger partial charge in [0.25, 0.3) is 0 Å². The summed E-state index contributed by atoms with van der Waals surface area (Å²) in [7, 11) is 3.62. The van der Waals surface area contributed by atoms with E-state index in [0.717, 1.165) is 30.1 Å². The van der Waals surface area contributed by atoms with E-state index >= 15 is 0 Å². The number of methoxy groups -OCH3 is 1. The summed E-state index contributed by atoms with van der Waals surface area (Å²) >= 11 is 0. The van der Waals surface area contributed by atoms with Gasteiger partial charge in [-0.1, -0.05) is 6.07 Å². The van der Waals surface area contributed by atoms with Gasteiger partial charge in [0.1, 0.15) is 0 Å². The molecule has 0 amide bonds. The fourth-order valence-corrected chi connectivity index (χ4v) is 1.98. The summed E-state index contributed by atoms with van der Waals surface area (Å²) in [5.41, 5.74) is 1.14. The van der Waals surface area contributed by atoms with Crippen LogP contribution in [0.15, 0.2) is 18.2 Å². The molecule has 0 spiro atoms. The summed E-state index contributed by atoms with van der Waals surface area (Å²) in [4.78, 5) is 0. The predicted molar refractivity (Wildman–Crippen MR) is 71.7 cm³/mol. The van der Waals surface area contributed by atoms with Gasteiger partial charge >= 0.3 is 0 Å². The molecule has 1 unspecified atom stereocenters. The maximum atomic E-state index is 5.65. The summed E-state index contributed by atoms with van der Waals surface area (Å²) < 4.78 is 21.3. The minimum atomic E-state index is 0.150. The van der Waals surface area contributed by atoms with Crippen molar-refractivity contribution >= 4 is 0 Å². The van der Waals surface area contributed by atoms with Crippen LogP contribution in [0.3, 0.4) is 0 Å². The maximum absolute atomic E-state index is 5.65. The van der Waals surface area contributed by atoms with Crippen molar-refractivity contribution in [1.29, 1.82) is 0 Å². The SMILES string of the molecule is CNC(COCCCOC)c1ccc2c(c1)OCO2. The van der Waals surface area contributed by atoms with E-state index in [1.807, 2.05) is 25.2 Å². The molecule has 0 fully saturated rings. The molecular formula is C14H21NO4. The highest BCUT2D eigenvalue weighted by Crippen LogP contribution is 2.34. The van der Waals surface area contributed by atoms with Gasteiger partial charge in [-0.25, -0.2) is 0 Å². The van der Waals surface area contributed by atoms with Gasteiger partial charge in [0.2, 0.25) is 6.79 Å². The Morgan fingerprint density at radius 1 is 1.26 bits per heavy atom. The standard InChI is InChI=1S/C14H21NO4/c1-15-12(9-17-7-3-6-16-2)11-4-5-13-14(8-11)19-10-18-13/h4-5,8,12,15H,3,6-7,9-10H2,1-2H3. The first-order chi connectivity index (χ1) is 9.35. The zero-order valence-corrected chi connectivity index (χ0v) is 11.5. The largest absolute Gasteiger partial charge is 0.454 e. The third kappa shape index (κ3) is 3.83. The van der Waals surface area contributed by atoms with Crippen LogP contribution in [0.2, 0.25) is 0 Å². The molecule has 1 aliphatic heterocycles. The van der Waals surface area contributed by atoms with Crippen molar-refractivity contribution in [1.82, 2.24) is 5.32 Å². The highest BCUT2D eigenvalue weighted by molar-refractivity contribution is 5.45. The molecule has 1 N–H and O–H groups in total. The molecule has 0 saturated heterocycles. The first kappa shape index (κ1) is 14.1. The third-order valence-corrected chi connectivity index (χ3v) is 3.07.